The van der Waals surface area contributed by atoms with Gasteiger partial charge in [-0.1, -0.05) is 13.8 Å². The first kappa shape index (κ1) is 17.6. The van der Waals surface area contributed by atoms with Gasteiger partial charge >= 0.3 is 0 Å². The van der Waals surface area contributed by atoms with E-state index in [1.165, 1.54) is 11.3 Å². The second-order valence-electron chi connectivity index (χ2n) is 6.79. The van der Waals surface area contributed by atoms with Crippen molar-refractivity contribution in [1.29, 1.82) is 0 Å². The third kappa shape index (κ3) is 3.31. The van der Waals surface area contributed by atoms with Gasteiger partial charge in [-0.15, -0.1) is 11.3 Å². The fraction of sp³-hybridized carbons (Fsp3) is 0.421. The van der Waals surface area contributed by atoms with Crippen molar-refractivity contribution < 1.29 is 9.59 Å². The van der Waals surface area contributed by atoms with Crippen LogP contribution < -0.4 is 11.1 Å². The monoisotopic (exact) mass is 357 g/mol. The van der Waals surface area contributed by atoms with Crippen LogP contribution in [0.1, 0.15) is 57.2 Å². The highest BCUT2D eigenvalue weighted by atomic mass is 32.1. The molecule has 0 atom stereocenters. The molecule has 2 aromatic heterocycles. The Morgan fingerprint density at radius 3 is 2.72 bits per heavy atom. The summed E-state index contributed by atoms with van der Waals surface area (Å²) in [6, 6.07) is 3.71. The molecule has 0 fully saturated rings. The molecular weight excluding hydrogens is 334 g/mol. The third-order valence-electron chi connectivity index (χ3n) is 4.45. The summed E-state index contributed by atoms with van der Waals surface area (Å²) in [4.78, 5) is 30.5. The molecule has 0 bridgehead atoms. The van der Waals surface area contributed by atoms with E-state index in [9.17, 15) is 9.59 Å². The lowest BCUT2D eigenvalue weighted by Gasteiger charge is -2.17. The van der Waals surface area contributed by atoms with Crippen molar-refractivity contribution in [2.45, 2.75) is 39.5 Å². The van der Waals surface area contributed by atoms with Crippen LogP contribution in [0.4, 0.5) is 0 Å². The Kier molecular flexibility index (Phi) is 4.90. The largest absolute Gasteiger partial charge is 0.366 e. The van der Waals surface area contributed by atoms with Gasteiger partial charge in [0, 0.05) is 23.2 Å². The summed E-state index contributed by atoms with van der Waals surface area (Å²) in [6.07, 6.45) is 3.58. The minimum absolute atomic E-state index is 0.120. The van der Waals surface area contributed by atoms with Crippen LogP contribution in [0.3, 0.4) is 0 Å². The predicted octanol–water partition coefficient (Wildman–Crippen LogP) is 2.96. The van der Waals surface area contributed by atoms with Gasteiger partial charge in [-0.3, -0.25) is 14.6 Å². The summed E-state index contributed by atoms with van der Waals surface area (Å²) in [5.41, 5.74) is 10.2. The number of primary amides is 1. The van der Waals surface area contributed by atoms with Crippen molar-refractivity contribution in [2.24, 2.45) is 11.7 Å². The van der Waals surface area contributed by atoms with E-state index in [2.05, 4.69) is 19.2 Å². The molecule has 6 heteroatoms. The van der Waals surface area contributed by atoms with Gasteiger partial charge in [0.15, 0.2) is 0 Å². The third-order valence-corrected chi connectivity index (χ3v) is 5.55. The van der Waals surface area contributed by atoms with Gasteiger partial charge in [-0.2, -0.15) is 0 Å². The van der Waals surface area contributed by atoms with Crippen LogP contribution >= 0.6 is 11.3 Å². The smallest absolute Gasteiger partial charge is 0.261 e. The Labute approximate surface area is 151 Å². The Hall–Kier alpha value is -2.21. The van der Waals surface area contributed by atoms with Crippen molar-refractivity contribution in [3.63, 3.8) is 0 Å². The molecule has 2 amide bonds. The lowest BCUT2D eigenvalue weighted by atomic mass is 9.93. The zero-order chi connectivity index (χ0) is 18.1. The molecule has 5 nitrogen and oxygen atoms in total. The zero-order valence-corrected chi connectivity index (χ0v) is 15.6. The molecule has 132 valence electrons. The van der Waals surface area contributed by atoms with E-state index in [1.807, 2.05) is 6.07 Å². The molecule has 0 spiro atoms. The minimum atomic E-state index is -0.442. The number of carbonyl (C=O) groups excluding carboxylic acids is 2. The first-order valence-electron chi connectivity index (χ1n) is 8.59. The molecule has 0 radical (unpaired) electrons. The van der Waals surface area contributed by atoms with Crippen LogP contribution in [0.15, 0.2) is 12.1 Å². The molecule has 2 aromatic rings. The van der Waals surface area contributed by atoms with Gasteiger partial charge in [-0.25, -0.2) is 0 Å². The van der Waals surface area contributed by atoms with Gasteiger partial charge < -0.3 is 11.1 Å². The van der Waals surface area contributed by atoms with Crippen LogP contribution in [0.25, 0.3) is 10.4 Å². The molecule has 1 aliphatic carbocycles. The van der Waals surface area contributed by atoms with Crippen molar-refractivity contribution >= 4 is 23.2 Å². The van der Waals surface area contributed by atoms with Crippen LogP contribution in [0.5, 0.6) is 0 Å². The van der Waals surface area contributed by atoms with Crippen molar-refractivity contribution in [3.8, 4) is 10.4 Å². The Morgan fingerprint density at radius 2 is 2.08 bits per heavy atom. The fourth-order valence-electron chi connectivity index (χ4n) is 3.42. The Bertz CT molecular complexity index is 839. The first-order valence-corrected chi connectivity index (χ1v) is 9.40. The number of hydrogen-bond donors (Lipinski definition) is 2. The molecule has 25 heavy (non-hydrogen) atoms. The molecule has 3 N–H and O–H groups in total. The molecule has 0 saturated carbocycles. The maximum Gasteiger partial charge on any atom is 0.261 e. The van der Waals surface area contributed by atoms with Gasteiger partial charge in [0.25, 0.3) is 11.8 Å². The summed E-state index contributed by atoms with van der Waals surface area (Å²) < 4.78 is 0. The number of fused-ring (bicyclic) bond motifs is 1. The first-order chi connectivity index (χ1) is 11.9. The fourth-order valence-corrected chi connectivity index (χ4v) is 4.45. The number of carbonyl (C=O) groups is 2. The van der Waals surface area contributed by atoms with E-state index in [0.717, 1.165) is 46.7 Å². The predicted molar refractivity (Wildman–Crippen MR) is 100 cm³/mol. The molecule has 2 heterocycles. The van der Waals surface area contributed by atoms with E-state index < -0.39 is 5.91 Å². The number of nitrogens with zero attached hydrogens (tertiary/aromatic N) is 1. The number of thiophene rings is 1. The van der Waals surface area contributed by atoms with Crippen LogP contribution in [0.2, 0.25) is 0 Å². The molecule has 0 aromatic carbocycles. The highest BCUT2D eigenvalue weighted by Crippen LogP contribution is 2.39. The van der Waals surface area contributed by atoms with Crippen molar-refractivity contribution in [2.75, 3.05) is 7.05 Å². The minimum Gasteiger partial charge on any atom is -0.366 e. The highest BCUT2D eigenvalue weighted by molar-refractivity contribution is 7.17. The summed E-state index contributed by atoms with van der Waals surface area (Å²) in [5, 5.41) is 2.64. The van der Waals surface area contributed by atoms with E-state index in [1.54, 1.807) is 13.1 Å². The Balaban J connectivity index is 2.23. The average Bonchev–Trinajstić information content (AvgIpc) is 3.20. The van der Waals surface area contributed by atoms with Crippen LogP contribution in [-0.4, -0.2) is 23.8 Å². The van der Waals surface area contributed by atoms with E-state index >= 15 is 0 Å². The normalized spacial score (nSPS) is 13.1. The van der Waals surface area contributed by atoms with E-state index in [4.69, 9.17) is 10.7 Å². The molecule has 0 unspecified atom stereocenters. The summed E-state index contributed by atoms with van der Waals surface area (Å²) in [5.74, 6) is -0.185. The van der Waals surface area contributed by atoms with E-state index in [-0.39, 0.29) is 5.91 Å². The van der Waals surface area contributed by atoms with Crippen molar-refractivity contribution in [3.05, 3.63) is 39.5 Å². The number of amides is 2. The second-order valence-corrected chi connectivity index (χ2v) is 7.88. The zero-order valence-electron chi connectivity index (χ0n) is 14.8. The number of nitrogens with one attached hydrogen (secondary N) is 1. The number of nitrogens with two attached hydrogens (primary N) is 1. The molecule has 0 aliphatic heterocycles. The maximum absolute atomic E-state index is 12.3. The molecule has 3 rings (SSSR count). The lowest BCUT2D eigenvalue weighted by Crippen LogP contribution is -2.19. The topological polar surface area (TPSA) is 85.1 Å². The van der Waals surface area contributed by atoms with Crippen LogP contribution in [-0.2, 0) is 19.3 Å². The molecular formula is C19H23N3O2S. The standard InChI is InChI=1S/C19H23N3O2S/c1-10(2)9-13-17(18(20)23)16(11-5-4-6-12(11)22-13)14-7-8-15(25-14)19(24)21-3/h7-8,10H,4-6,9H2,1-3H3,(H2,20,23)(H,21,24). The molecule has 1 aliphatic rings. The van der Waals surface area contributed by atoms with Gasteiger partial charge in [0.2, 0.25) is 0 Å². The van der Waals surface area contributed by atoms with Gasteiger partial charge in [0.05, 0.1) is 16.1 Å². The van der Waals surface area contributed by atoms with Gasteiger partial charge in [0.1, 0.15) is 0 Å². The lowest BCUT2D eigenvalue weighted by molar-refractivity contribution is 0.0965. The summed E-state index contributed by atoms with van der Waals surface area (Å²) in [6.45, 7) is 4.21. The summed E-state index contributed by atoms with van der Waals surface area (Å²) in [7, 11) is 1.61. The van der Waals surface area contributed by atoms with Gasteiger partial charge in [-0.05, 0) is 49.3 Å². The van der Waals surface area contributed by atoms with E-state index in [0.29, 0.717) is 22.8 Å². The van der Waals surface area contributed by atoms with Crippen LogP contribution in [0, 0.1) is 5.92 Å². The number of pyridine rings is 1. The number of aryl methyl sites for hydroxylation is 1. The summed E-state index contributed by atoms with van der Waals surface area (Å²) >= 11 is 1.40. The number of rotatable bonds is 5. The number of aromatic nitrogens is 1. The SMILES string of the molecule is CNC(=O)c1ccc(-c2c3c(nc(CC(C)C)c2C(N)=O)CCC3)s1. The number of hydrogen-bond acceptors (Lipinski definition) is 4. The second kappa shape index (κ2) is 6.96. The maximum atomic E-state index is 12.3. The molecule has 0 saturated heterocycles. The average molecular weight is 357 g/mol. The highest BCUT2D eigenvalue weighted by Gasteiger charge is 2.27. The quantitative estimate of drug-likeness (QED) is 0.863. The Morgan fingerprint density at radius 1 is 1.32 bits per heavy atom. The van der Waals surface area contributed by atoms with Crippen molar-refractivity contribution in [1.82, 2.24) is 10.3 Å².